The molecule has 2 heterocycles. The van der Waals surface area contributed by atoms with E-state index in [1.54, 1.807) is 26.4 Å². The molecule has 6 heteroatoms. The lowest BCUT2D eigenvalue weighted by Crippen LogP contribution is -2.23. The van der Waals surface area contributed by atoms with Gasteiger partial charge < -0.3 is 14.3 Å². The molecule has 2 atom stereocenters. The van der Waals surface area contributed by atoms with Crippen molar-refractivity contribution in [2.24, 2.45) is 11.1 Å². The van der Waals surface area contributed by atoms with Gasteiger partial charge in [-0.2, -0.15) is 0 Å². The third kappa shape index (κ3) is 3.01. The highest BCUT2D eigenvalue weighted by atomic mass is 19.1. The summed E-state index contributed by atoms with van der Waals surface area (Å²) in [6.45, 7) is 2.31. The first-order chi connectivity index (χ1) is 12.7. The molecule has 2 aromatic rings. The average molecular weight is 356 g/mol. The number of fused-ring (bicyclic) bond motifs is 1. The van der Waals surface area contributed by atoms with Crippen molar-refractivity contribution < 1.29 is 18.7 Å². The molecule has 4 rings (SSSR count). The molecule has 0 bridgehead atoms. The van der Waals surface area contributed by atoms with E-state index >= 15 is 0 Å². The van der Waals surface area contributed by atoms with E-state index in [2.05, 4.69) is 10.1 Å². The predicted molar refractivity (Wildman–Crippen MR) is 96.1 cm³/mol. The second kappa shape index (κ2) is 6.96. The fraction of sp³-hybridized carbons (Fsp3) is 0.350. The van der Waals surface area contributed by atoms with E-state index < -0.39 is 0 Å². The van der Waals surface area contributed by atoms with E-state index in [9.17, 15) is 4.39 Å². The zero-order valence-corrected chi connectivity index (χ0v) is 14.8. The van der Waals surface area contributed by atoms with Gasteiger partial charge in [-0.25, -0.2) is 4.39 Å². The first-order valence-electron chi connectivity index (χ1n) is 8.61. The van der Waals surface area contributed by atoms with Crippen LogP contribution in [0.15, 0.2) is 47.6 Å². The number of rotatable bonds is 5. The van der Waals surface area contributed by atoms with Crippen LogP contribution in [-0.4, -0.2) is 44.0 Å². The molecule has 1 saturated heterocycles. The second-order valence-corrected chi connectivity index (χ2v) is 6.59. The predicted octanol–water partition coefficient (Wildman–Crippen LogP) is 3.08. The molecule has 0 amide bonds. The van der Waals surface area contributed by atoms with E-state index in [-0.39, 0.29) is 17.8 Å². The molecule has 0 saturated carbocycles. The summed E-state index contributed by atoms with van der Waals surface area (Å²) in [5, 5.41) is 4.16. The average Bonchev–Trinajstić information content (AvgIpc) is 3.22. The number of nitrogens with zero attached hydrogens (tertiary/aromatic N) is 2. The van der Waals surface area contributed by atoms with Crippen molar-refractivity contribution in [2.45, 2.75) is 12.6 Å². The molecule has 5 nitrogen and oxygen atoms in total. The quantitative estimate of drug-likeness (QED) is 0.826. The Morgan fingerprint density at radius 1 is 1.12 bits per heavy atom. The lowest BCUT2D eigenvalue weighted by Gasteiger charge is -2.17. The topological polar surface area (TPSA) is 43.3 Å². The summed E-state index contributed by atoms with van der Waals surface area (Å²) in [6, 6.07) is 12.7. The SMILES string of the molecule is COc1ccc(CN2C[C@@H]3C(c4ccccc4F)=NO[C@@H]3C2)cc1OC. The largest absolute Gasteiger partial charge is 0.493 e. The summed E-state index contributed by atoms with van der Waals surface area (Å²) in [6.07, 6.45) is -0.0234. The molecule has 1 fully saturated rings. The van der Waals surface area contributed by atoms with E-state index in [1.807, 2.05) is 24.3 Å². The minimum absolute atomic E-state index is 0.0234. The summed E-state index contributed by atoms with van der Waals surface area (Å²) in [4.78, 5) is 7.88. The minimum Gasteiger partial charge on any atom is -0.493 e. The minimum atomic E-state index is -0.256. The van der Waals surface area contributed by atoms with Gasteiger partial charge in [0.15, 0.2) is 11.5 Å². The van der Waals surface area contributed by atoms with Crippen LogP contribution in [0.2, 0.25) is 0 Å². The number of halogens is 1. The number of likely N-dealkylation sites (tertiary alicyclic amines) is 1. The standard InChI is InChI=1S/C20H21FN2O3/c1-24-17-8-7-13(9-18(17)25-2)10-23-11-15-19(12-23)26-22-20(15)14-5-3-4-6-16(14)21/h3-9,15,19H,10-12H2,1-2H3/t15-,19+/m0/s1. The first-order valence-corrected chi connectivity index (χ1v) is 8.61. The molecule has 0 radical (unpaired) electrons. The molecule has 2 aliphatic rings. The van der Waals surface area contributed by atoms with Crippen LogP contribution in [0.25, 0.3) is 0 Å². The Hall–Kier alpha value is -2.60. The van der Waals surface area contributed by atoms with Crippen LogP contribution < -0.4 is 9.47 Å². The molecule has 2 aromatic carbocycles. The Balaban J connectivity index is 1.48. The van der Waals surface area contributed by atoms with Crippen molar-refractivity contribution in [3.63, 3.8) is 0 Å². The molecule has 0 aliphatic carbocycles. The van der Waals surface area contributed by atoms with E-state index in [0.29, 0.717) is 22.8 Å². The Morgan fingerprint density at radius 2 is 1.92 bits per heavy atom. The summed E-state index contributed by atoms with van der Waals surface area (Å²) < 4.78 is 24.8. The van der Waals surface area contributed by atoms with E-state index in [1.165, 1.54) is 6.07 Å². The van der Waals surface area contributed by atoms with Crippen LogP contribution in [0.4, 0.5) is 4.39 Å². The number of oxime groups is 1. The van der Waals surface area contributed by atoms with Gasteiger partial charge >= 0.3 is 0 Å². The molecule has 136 valence electrons. The molecule has 0 aromatic heterocycles. The highest BCUT2D eigenvalue weighted by Crippen LogP contribution is 2.33. The van der Waals surface area contributed by atoms with Gasteiger partial charge in [0, 0.05) is 25.2 Å². The van der Waals surface area contributed by atoms with E-state index in [0.717, 1.165) is 25.2 Å². The number of methoxy groups -OCH3 is 2. The van der Waals surface area contributed by atoms with Crippen molar-refractivity contribution in [3.8, 4) is 11.5 Å². The zero-order valence-electron chi connectivity index (χ0n) is 14.8. The maximum Gasteiger partial charge on any atom is 0.161 e. The number of benzene rings is 2. The fourth-order valence-electron chi connectivity index (χ4n) is 3.70. The third-order valence-corrected chi connectivity index (χ3v) is 4.98. The molecule has 2 aliphatic heterocycles. The molecule has 26 heavy (non-hydrogen) atoms. The molecule has 0 N–H and O–H groups in total. The van der Waals surface area contributed by atoms with Gasteiger partial charge in [0.2, 0.25) is 0 Å². The number of ether oxygens (including phenoxy) is 2. The van der Waals surface area contributed by atoms with Crippen LogP contribution in [0.3, 0.4) is 0 Å². The molecular formula is C20H21FN2O3. The maximum atomic E-state index is 14.1. The summed E-state index contributed by atoms with van der Waals surface area (Å²) in [7, 11) is 3.26. The molecule has 0 spiro atoms. The maximum absolute atomic E-state index is 14.1. The summed E-state index contributed by atoms with van der Waals surface area (Å²) in [5.41, 5.74) is 2.38. The van der Waals surface area contributed by atoms with Gasteiger partial charge in [-0.3, -0.25) is 4.90 Å². The zero-order chi connectivity index (χ0) is 18.1. The highest BCUT2D eigenvalue weighted by molar-refractivity contribution is 6.03. The van der Waals surface area contributed by atoms with Gasteiger partial charge in [0.05, 0.1) is 25.8 Å². The normalized spacial score (nSPS) is 21.9. The van der Waals surface area contributed by atoms with Crippen LogP contribution >= 0.6 is 0 Å². The Labute approximate surface area is 152 Å². The van der Waals surface area contributed by atoms with Gasteiger partial charge in [-0.15, -0.1) is 0 Å². The van der Waals surface area contributed by atoms with Gasteiger partial charge in [-0.05, 0) is 23.8 Å². The van der Waals surface area contributed by atoms with Gasteiger partial charge in [0.1, 0.15) is 11.9 Å². The number of hydrogen-bond donors (Lipinski definition) is 0. The van der Waals surface area contributed by atoms with Crippen LogP contribution in [0, 0.1) is 11.7 Å². The summed E-state index contributed by atoms with van der Waals surface area (Å²) >= 11 is 0. The van der Waals surface area contributed by atoms with Crippen molar-refractivity contribution in [1.82, 2.24) is 4.90 Å². The lowest BCUT2D eigenvalue weighted by molar-refractivity contribution is 0.0745. The lowest BCUT2D eigenvalue weighted by atomic mass is 9.94. The van der Waals surface area contributed by atoms with Crippen LogP contribution in [0.1, 0.15) is 11.1 Å². The Bertz CT molecular complexity index is 840. The third-order valence-electron chi connectivity index (χ3n) is 4.98. The van der Waals surface area contributed by atoms with Crippen molar-refractivity contribution in [2.75, 3.05) is 27.3 Å². The van der Waals surface area contributed by atoms with Crippen LogP contribution in [0.5, 0.6) is 11.5 Å². The van der Waals surface area contributed by atoms with Crippen LogP contribution in [-0.2, 0) is 11.4 Å². The fourth-order valence-corrected chi connectivity index (χ4v) is 3.70. The van der Waals surface area contributed by atoms with Crippen molar-refractivity contribution in [1.29, 1.82) is 0 Å². The molecule has 0 unspecified atom stereocenters. The smallest absolute Gasteiger partial charge is 0.161 e. The number of hydrogen-bond acceptors (Lipinski definition) is 5. The summed E-state index contributed by atoms with van der Waals surface area (Å²) in [5.74, 6) is 1.27. The van der Waals surface area contributed by atoms with Crippen molar-refractivity contribution in [3.05, 3.63) is 59.4 Å². The second-order valence-electron chi connectivity index (χ2n) is 6.59. The first kappa shape index (κ1) is 16.8. The van der Waals surface area contributed by atoms with Gasteiger partial charge in [-0.1, -0.05) is 29.4 Å². The molecular weight excluding hydrogens is 335 g/mol. The highest BCUT2D eigenvalue weighted by Gasteiger charge is 2.43. The van der Waals surface area contributed by atoms with Gasteiger partial charge in [0.25, 0.3) is 0 Å². The Kier molecular flexibility index (Phi) is 4.51. The Morgan fingerprint density at radius 3 is 2.69 bits per heavy atom. The van der Waals surface area contributed by atoms with Crippen molar-refractivity contribution >= 4 is 5.71 Å². The monoisotopic (exact) mass is 356 g/mol. The van der Waals surface area contributed by atoms with E-state index in [4.69, 9.17) is 14.3 Å².